The van der Waals surface area contributed by atoms with E-state index in [-0.39, 0.29) is 12.2 Å². The molecule has 1 aromatic carbocycles. The number of aliphatic hydroxyl groups excluding tert-OH is 1. The summed E-state index contributed by atoms with van der Waals surface area (Å²) in [6.45, 7) is 0.789. The molecule has 0 radical (unpaired) electrons. The summed E-state index contributed by atoms with van der Waals surface area (Å²) < 4.78 is 5.91. The number of fused-ring (bicyclic) bond motifs is 1. The zero-order chi connectivity index (χ0) is 14.5. The Morgan fingerprint density at radius 2 is 1.95 bits per heavy atom. The quantitative estimate of drug-likeness (QED) is 0.869. The Kier molecular flexibility index (Phi) is 5.32. The number of hydrogen-bond acceptors (Lipinski definition) is 2. The van der Waals surface area contributed by atoms with E-state index in [4.69, 9.17) is 4.74 Å². The summed E-state index contributed by atoms with van der Waals surface area (Å²) in [5, 5.41) is 10.4. The average molecular weight is 288 g/mol. The maximum absolute atomic E-state index is 10.4. The molecular formula is C19H28O2. The average Bonchev–Trinajstić information content (AvgIpc) is 2.54. The van der Waals surface area contributed by atoms with Crippen LogP contribution in [0.1, 0.15) is 68.6 Å². The highest BCUT2D eigenvalue weighted by molar-refractivity contribution is 5.30. The van der Waals surface area contributed by atoms with Gasteiger partial charge in [-0.25, -0.2) is 0 Å². The van der Waals surface area contributed by atoms with Crippen molar-refractivity contribution in [3.05, 3.63) is 35.4 Å². The van der Waals surface area contributed by atoms with E-state index in [1.165, 1.54) is 49.7 Å². The van der Waals surface area contributed by atoms with Gasteiger partial charge in [0.25, 0.3) is 0 Å². The standard InChI is InChI=1S/C19H28O2/c20-17(11-10-15-6-2-1-3-7-15)14-19-18-9-5-4-8-16(18)12-13-21-19/h4-5,8-9,15,17,19-20H,1-3,6-7,10-14H2. The second-order valence-corrected chi connectivity index (χ2v) is 6.78. The summed E-state index contributed by atoms with van der Waals surface area (Å²) in [4.78, 5) is 0. The lowest BCUT2D eigenvalue weighted by Crippen LogP contribution is -2.21. The number of benzene rings is 1. The lowest BCUT2D eigenvalue weighted by atomic mass is 9.84. The van der Waals surface area contributed by atoms with Crippen LogP contribution in [-0.2, 0) is 11.2 Å². The van der Waals surface area contributed by atoms with Gasteiger partial charge in [0.05, 0.1) is 18.8 Å². The molecule has 0 amide bonds. The lowest BCUT2D eigenvalue weighted by molar-refractivity contribution is 0.000842. The first-order valence-electron chi connectivity index (χ1n) is 8.70. The van der Waals surface area contributed by atoms with Gasteiger partial charge in [-0.15, -0.1) is 0 Å². The number of ether oxygens (including phenoxy) is 1. The molecule has 3 rings (SSSR count). The normalized spacial score (nSPS) is 24.5. The molecule has 21 heavy (non-hydrogen) atoms. The topological polar surface area (TPSA) is 29.5 Å². The fourth-order valence-corrected chi connectivity index (χ4v) is 3.94. The molecule has 1 aliphatic carbocycles. The van der Waals surface area contributed by atoms with E-state index in [1.54, 1.807) is 0 Å². The molecule has 2 atom stereocenters. The molecule has 0 saturated heterocycles. The van der Waals surface area contributed by atoms with Crippen molar-refractivity contribution in [2.75, 3.05) is 6.61 Å². The van der Waals surface area contributed by atoms with Crippen LogP contribution >= 0.6 is 0 Å². The van der Waals surface area contributed by atoms with Gasteiger partial charge >= 0.3 is 0 Å². The Hall–Kier alpha value is -0.860. The van der Waals surface area contributed by atoms with Gasteiger partial charge < -0.3 is 9.84 Å². The molecule has 2 aliphatic rings. The minimum atomic E-state index is -0.219. The SMILES string of the molecule is OC(CCC1CCCCC1)CC1OCCc2ccccc21. The molecule has 0 bridgehead atoms. The number of rotatable bonds is 5. The first-order valence-corrected chi connectivity index (χ1v) is 8.70. The summed E-state index contributed by atoms with van der Waals surface area (Å²) in [7, 11) is 0. The van der Waals surface area contributed by atoms with Crippen molar-refractivity contribution in [3.8, 4) is 0 Å². The van der Waals surface area contributed by atoms with E-state index < -0.39 is 0 Å². The molecule has 0 aromatic heterocycles. The van der Waals surface area contributed by atoms with Gasteiger partial charge in [0, 0.05) is 6.42 Å². The molecule has 1 heterocycles. The molecule has 1 aliphatic heterocycles. The van der Waals surface area contributed by atoms with Gasteiger partial charge in [-0.05, 0) is 36.3 Å². The third kappa shape index (κ3) is 4.08. The number of hydrogen-bond donors (Lipinski definition) is 1. The van der Waals surface area contributed by atoms with Crippen LogP contribution in [-0.4, -0.2) is 17.8 Å². The smallest absolute Gasteiger partial charge is 0.0852 e. The van der Waals surface area contributed by atoms with Gasteiger partial charge in [0.2, 0.25) is 0 Å². The Balaban J connectivity index is 1.49. The lowest BCUT2D eigenvalue weighted by Gasteiger charge is -2.28. The minimum Gasteiger partial charge on any atom is -0.393 e. The summed E-state index contributed by atoms with van der Waals surface area (Å²) in [6.07, 6.45) is 10.7. The molecular weight excluding hydrogens is 260 g/mol. The number of aliphatic hydroxyl groups is 1. The maximum atomic E-state index is 10.4. The zero-order valence-electron chi connectivity index (χ0n) is 13.0. The van der Waals surface area contributed by atoms with Crippen LogP contribution in [0.3, 0.4) is 0 Å². The van der Waals surface area contributed by atoms with Crippen LogP contribution in [0.4, 0.5) is 0 Å². The van der Waals surface area contributed by atoms with Gasteiger partial charge in [0.15, 0.2) is 0 Å². The van der Waals surface area contributed by atoms with Crippen LogP contribution < -0.4 is 0 Å². The fraction of sp³-hybridized carbons (Fsp3) is 0.684. The van der Waals surface area contributed by atoms with Gasteiger partial charge in [0.1, 0.15) is 0 Å². The minimum absolute atomic E-state index is 0.0938. The largest absolute Gasteiger partial charge is 0.393 e. The van der Waals surface area contributed by atoms with Crippen LogP contribution in [0, 0.1) is 5.92 Å². The molecule has 1 saturated carbocycles. The van der Waals surface area contributed by atoms with Crippen molar-refractivity contribution < 1.29 is 9.84 Å². The maximum Gasteiger partial charge on any atom is 0.0852 e. The van der Waals surface area contributed by atoms with Crippen molar-refractivity contribution in [3.63, 3.8) is 0 Å². The van der Waals surface area contributed by atoms with Crippen LogP contribution in [0.15, 0.2) is 24.3 Å². The molecule has 2 heteroatoms. The van der Waals surface area contributed by atoms with Crippen molar-refractivity contribution in [1.82, 2.24) is 0 Å². The van der Waals surface area contributed by atoms with E-state index in [0.717, 1.165) is 31.8 Å². The highest BCUT2D eigenvalue weighted by Crippen LogP contribution is 2.33. The van der Waals surface area contributed by atoms with Crippen molar-refractivity contribution in [1.29, 1.82) is 0 Å². The molecule has 1 N–H and O–H groups in total. The van der Waals surface area contributed by atoms with Crippen LogP contribution in [0.25, 0.3) is 0 Å². The van der Waals surface area contributed by atoms with Crippen molar-refractivity contribution in [2.24, 2.45) is 5.92 Å². The fourth-order valence-electron chi connectivity index (χ4n) is 3.94. The van der Waals surface area contributed by atoms with E-state index >= 15 is 0 Å². The Bertz CT molecular complexity index is 437. The summed E-state index contributed by atoms with van der Waals surface area (Å²) >= 11 is 0. The Morgan fingerprint density at radius 3 is 2.81 bits per heavy atom. The predicted molar refractivity (Wildman–Crippen MR) is 85.3 cm³/mol. The third-order valence-corrected chi connectivity index (χ3v) is 5.21. The van der Waals surface area contributed by atoms with Crippen molar-refractivity contribution >= 4 is 0 Å². The first-order chi connectivity index (χ1) is 10.3. The summed E-state index contributed by atoms with van der Waals surface area (Å²) in [5.74, 6) is 0.855. The predicted octanol–water partition coefficient (Wildman–Crippen LogP) is 4.41. The van der Waals surface area contributed by atoms with Crippen LogP contribution in [0.5, 0.6) is 0 Å². The monoisotopic (exact) mass is 288 g/mol. The van der Waals surface area contributed by atoms with Crippen LogP contribution in [0.2, 0.25) is 0 Å². The second kappa shape index (κ2) is 7.42. The van der Waals surface area contributed by atoms with E-state index in [2.05, 4.69) is 24.3 Å². The van der Waals surface area contributed by atoms with E-state index in [0.29, 0.717) is 0 Å². The Labute approximate surface area is 128 Å². The first kappa shape index (κ1) is 15.1. The highest BCUT2D eigenvalue weighted by Gasteiger charge is 2.24. The summed E-state index contributed by atoms with van der Waals surface area (Å²) in [5.41, 5.74) is 2.69. The van der Waals surface area contributed by atoms with Gasteiger partial charge in [-0.1, -0.05) is 56.4 Å². The third-order valence-electron chi connectivity index (χ3n) is 5.21. The molecule has 1 aromatic rings. The summed E-state index contributed by atoms with van der Waals surface area (Å²) in [6, 6.07) is 8.53. The highest BCUT2D eigenvalue weighted by atomic mass is 16.5. The molecule has 1 fully saturated rings. The van der Waals surface area contributed by atoms with E-state index in [1.807, 2.05) is 0 Å². The zero-order valence-corrected chi connectivity index (χ0v) is 13.0. The molecule has 116 valence electrons. The second-order valence-electron chi connectivity index (χ2n) is 6.78. The van der Waals surface area contributed by atoms with Crippen molar-refractivity contribution in [2.45, 2.75) is 70.0 Å². The Morgan fingerprint density at radius 1 is 1.14 bits per heavy atom. The van der Waals surface area contributed by atoms with Gasteiger partial charge in [-0.2, -0.15) is 0 Å². The van der Waals surface area contributed by atoms with E-state index in [9.17, 15) is 5.11 Å². The molecule has 0 spiro atoms. The molecule has 2 unspecified atom stereocenters. The van der Waals surface area contributed by atoms with Gasteiger partial charge in [-0.3, -0.25) is 0 Å². The molecule has 2 nitrogen and oxygen atoms in total.